The van der Waals surface area contributed by atoms with E-state index < -0.39 is 0 Å². The molecule has 1 aliphatic carbocycles. The lowest BCUT2D eigenvalue weighted by Gasteiger charge is -2.25. The number of nitrogens with zero attached hydrogens (tertiary/aromatic N) is 3. The first-order chi connectivity index (χ1) is 7.78. The second kappa shape index (κ2) is 4.79. The van der Waals surface area contributed by atoms with Gasteiger partial charge in [0.1, 0.15) is 17.5 Å². The fourth-order valence-corrected chi connectivity index (χ4v) is 1.73. The number of hydrogen-bond acceptors (Lipinski definition) is 5. The van der Waals surface area contributed by atoms with Gasteiger partial charge < -0.3 is 5.32 Å². The van der Waals surface area contributed by atoms with E-state index in [-0.39, 0.29) is 0 Å². The van der Waals surface area contributed by atoms with Crippen LogP contribution in [-0.4, -0.2) is 16.5 Å². The maximum atomic E-state index is 8.52. The topological polar surface area (TPSA) is 73.6 Å². The van der Waals surface area contributed by atoms with Crippen molar-refractivity contribution in [3.05, 3.63) is 11.9 Å². The molecule has 1 heterocycles. The van der Waals surface area contributed by atoms with Crippen LogP contribution in [-0.2, 0) is 0 Å². The smallest absolute Gasteiger partial charge is 0.182 e. The van der Waals surface area contributed by atoms with Crippen LogP contribution in [0.1, 0.15) is 25.1 Å². The van der Waals surface area contributed by atoms with Crippen molar-refractivity contribution in [3.8, 4) is 6.19 Å². The lowest BCUT2D eigenvalue weighted by atomic mass is 9.85. The first-order valence-electron chi connectivity index (χ1n) is 5.52. The molecule has 5 nitrogen and oxygen atoms in total. The van der Waals surface area contributed by atoms with E-state index in [0.29, 0.717) is 11.6 Å². The van der Waals surface area contributed by atoms with Gasteiger partial charge in [-0.15, -0.1) is 0 Å². The summed E-state index contributed by atoms with van der Waals surface area (Å²) in [7, 11) is 0. The second-order valence-electron chi connectivity index (χ2n) is 4.10. The molecule has 16 heavy (non-hydrogen) atoms. The molecule has 0 bridgehead atoms. The van der Waals surface area contributed by atoms with Crippen LogP contribution in [0, 0.1) is 24.3 Å². The summed E-state index contributed by atoms with van der Waals surface area (Å²) in [6, 6.07) is 1.76. The summed E-state index contributed by atoms with van der Waals surface area (Å²) in [5.74, 6) is 2.78. The average molecular weight is 217 g/mol. The van der Waals surface area contributed by atoms with Gasteiger partial charge in [0.25, 0.3) is 0 Å². The molecule has 2 N–H and O–H groups in total. The van der Waals surface area contributed by atoms with E-state index >= 15 is 0 Å². The predicted molar refractivity (Wildman–Crippen MR) is 61.8 cm³/mol. The molecule has 0 radical (unpaired) electrons. The number of nitrogens with one attached hydrogen (secondary N) is 2. The van der Waals surface area contributed by atoms with Gasteiger partial charge in [0.05, 0.1) is 0 Å². The van der Waals surface area contributed by atoms with Gasteiger partial charge in [0, 0.05) is 12.6 Å². The number of aromatic nitrogens is 2. The van der Waals surface area contributed by atoms with Crippen molar-refractivity contribution in [2.75, 3.05) is 17.2 Å². The van der Waals surface area contributed by atoms with Gasteiger partial charge >= 0.3 is 0 Å². The van der Waals surface area contributed by atoms with Gasteiger partial charge in [-0.3, -0.25) is 5.32 Å². The Kier molecular flexibility index (Phi) is 3.20. The van der Waals surface area contributed by atoms with E-state index in [4.69, 9.17) is 5.26 Å². The molecule has 0 spiro atoms. The third-order valence-electron chi connectivity index (χ3n) is 2.82. The van der Waals surface area contributed by atoms with Crippen LogP contribution in [0.4, 0.5) is 11.6 Å². The van der Waals surface area contributed by atoms with Crippen LogP contribution in [0.3, 0.4) is 0 Å². The maximum Gasteiger partial charge on any atom is 0.182 e. The van der Waals surface area contributed by atoms with Gasteiger partial charge in [0.2, 0.25) is 0 Å². The monoisotopic (exact) mass is 217 g/mol. The summed E-state index contributed by atoms with van der Waals surface area (Å²) < 4.78 is 0. The fraction of sp³-hybridized carbons (Fsp3) is 0.545. The van der Waals surface area contributed by atoms with Crippen molar-refractivity contribution >= 4 is 11.6 Å². The highest BCUT2D eigenvalue weighted by Crippen LogP contribution is 2.26. The summed E-state index contributed by atoms with van der Waals surface area (Å²) in [5, 5.41) is 14.3. The van der Waals surface area contributed by atoms with E-state index in [1.54, 1.807) is 6.07 Å². The first-order valence-corrected chi connectivity index (χ1v) is 5.52. The van der Waals surface area contributed by atoms with Gasteiger partial charge in [-0.25, -0.2) is 9.97 Å². The Morgan fingerprint density at radius 2 is 2.19 bits per heavy atom. The molecule has 0 atom stereocenters. The molecular weight excluding hydrogens is 202 g/mol. The Hall–Kier alpha value is -1.83. The van der Waals surface area contributed by atoms with Gasteiger partial charge in [-0.2, -0.15) is 5.26 Å². The molecule has 1 fully saturated rings. The summed E-state index contributed by atoms with van der Waals surface area (Å²) in [4.78, 5) is 8.37. The average Bonchev–Trinajstić information content (AvgIpc) is 2.14. The van der Waals surface area contributed by atoms with Crippen LogP contribution >= 0.6 is 0 Å². The second-order valence-corrected chi connectivity index (χ2v) is 4.10. The molecule has 0 aromatic carbocycles. The van der Waals surface area contributed by atoms with E-state index in [1.165, 1.54) is 19.3 Å². The highest BCUT2D eigenvalue weighted by molar-refractivity contribution is 5.49. The van der Waals surface area contributed by atoms with Crippen LogP contribution in [0.2, 0.25) is 0 Å². The molecule has 5 heteroatoms. The zero-order valence-corrected chi connectivity index (χ0v) is 9.32. The minimum atomic E-state index is 0.547. The van der Waals surface area contributed by atoms with E-state index in [0.717, 1.165) is 18.3 Å². The highest BCUT2D eigenvalue weighted by Gasteiger charge is 2.16. The zero-order chi connectivity index (χ0) is 11.4. The Balaban J connectivity index is 1.99. The van der Waals surface area contributed by atoms with E-state index in [9.17, 15) is 0 Å². The van der Waals surface area contributed by atoms with Crippen LogP contribution < -0.4 is 10.6 Å². The predicted octanol–water partition coefficient (Wildman–Crippen LogP) is 1.89. The number of hydrogen-bond donors (Lipinski definition) is 2. The Labute approximate surface area is 94.9 Å². The van der Waals surface area contributed by atoms with E-state index in [2.05, 4.69) is 20.6 Å². The van der Waals surface area contributed by atoms with Crippen molar-refractivity contribution in [1.29, 1.82) is 5.26 Å². The molecule has 1 saturated carbocycles. The van der Waals surface area contributed by atoms with Gasteiger partial charge in [0.15, 0.2) is 6.19 Å². The van der Waals surface area contributed by atoms with E-state index in [1.807, 2.05) is 13.1 Å². The Morgan fingerprint density at radius 1 is 1.44 bits per heavy atom. The molecule has 2 rings (SSSR count). The minimum absolute atomic E-state index is 0.547. The van der Waals surface area contributed by atoms with Crippen molar-refractivity contribution in [3.63, 3.8) is 0 Å². The quantitative estimate of drug-likeness (QED) is 0.595. The fourth-order valence-electron chi connectivity index (χ4n) is 1.73. The van der Waals surface area contributed by atoms with Crippen molar-refractivity contribution in [1.82, 2.24) is 9.97 Å². The summed E-state index contributed by atoms with van der Waals surface area (Å²) in [6.45, 7) is 2.78. The largest absolute Gasteiger partial charge is 0.370 e. The molecule has 1 aliphatic rings. The lowest BCUT2D eigenvalue weighted by molar-refractivity contribution is 0.333. The molecule has 0 amide bonds. The summed E-state index contributed by atoms with van der Waals surface area (Å²) in [5.41, 5.74) is 0. The molecule has 84 valence electrons. The van der Waals surface area contributed by atoms with Crippen molar-refractivity contribution in [2.45, 2.75) is 26.2 Å². The minimum Gasteiger partial charge on any atom is -0.370 e. The van der Waals surface area contributed by atoms with Gasteiger partial charge in [-0.05, 0) is 25.7 Å². The normalized spacial score (nSPS) is 15.0. The number of anilines is 2. The zero-order valence-electron chi connectivity index (χ0n) is 9.32. The molecule has 0 aliphatic heterocycles. The lowest BCUT2D eigenvalue weighted by Crippen LogP contribution is -2.21. The van der Waals surface area contributed by atoms with Crippen molar-refractivity contribution in [2.24, 2.45) is 5.92 Å². The SMILES string of the molecule is Cc1nc(NC#N)cc(NCC2CCC2)n1. The van der Waals surface area contributed by atoms with Crippen LogP contribution in [0.25, 0.3) is 0 Å². The third-order valence-corrected chi connectivity index (χ3v) is 2.82. The molecular formula is C11H15N5. The summed E-state index contributed by atoms with van der Waals surface area (Å²) >= 11 is 0. The molecule has 0 saturated heterocycles. The first kappa shape index (κ1) is 10.7. The molecule has 1 aromatic rings. The number of rotatable bonds is 4. The number of aryl methyl sites for hydroxylation is 1. The third kappa shape index (κ3) is 2.60. The Morgan fingerprint density at radius 3 is 2.81 bits per heavy atom. The highest BCUT2D eigenvalue weighted by atomic mass is 15.1. The standard InChI is InChI=1S/C11H15N5/c1-8-15-10(5-11(16-8)14-7-12)13-6-9-3-2-4-9/h5,9H,2-4,6H2,1H3,(H2,13,14,15,16). The Bertz CT molecular complexity index is 405. The van der Waals surface area contributed by atoms with Crippen LogP contribution in [0.5, 0.6) is 0 Å². The molecule has 0 unspecified atom stereocenters. The van der Waals surface area contributed by atoms with Gasteiger partial charge in [-0.1, -0.05) is 6.42 Å². The molecule has 1 aromatic heterocycles. The number of nitriles is 1. The van der Waals surface area contributed by atoms with Crippen molar-refractivity contribution < 1.29 is 0 Å². The summed E-state index contributed by atoms with van der Waals surface area (Å²) in [6.07, 6.45) is 5.81. The maximum absolute atomic E-state index is 8.52. The van der Waals surface area contributed by atoms with Crippen LogP contribution in [0.15, 0.2) is 6.07 Å².